The number of carbonyl (C=O) groups is 2. The van der Waals surface area contributed by atoms with Gasteiger partial charge in [0.2, 0.25) is 5.91 Å². The number of hydrogen-bond acceptors (Lipinski definition) is 3. The predicted molar refractivity (Wildman–Crippen MR) is 97.1 cm³/mol. The molecule has 0 radical (unpaired) electrons. The third-order valence-corrected chi connectivity index (χ3v) is 4.01. The van der Waals surface area contributed by atoms with Crippen molar-refractivity contribution in [2.24, 2.45) is 0 Å². The number of benzene rings is 2. The van der Waals surface area contributed by atoms with Crippen molar-refractivity contribution >= 4 is 39.0 Å². The highest BCUT2D eigenvalue weighted by atomic mass is 79.9. The van der Waals surface area contributed by atoms with Gasteiger partial charge in [0.1, 0.15) is 0 Å². The van der Waals surface area contributed by atoms with Gasteiger partial charge in [-0.3, -0.25) is 9.59 Å². The van der Waals surface area contributed by atoms with Crippen LogP contribution in [0.3, 0.4) is 0 Å². The van der Waals surface area contributed by atoms with Crippen LogP contribution >= 0.6 is 15.9 Å². The first-order valence-electron chi connectivity index (χ1n) is 7.36. The van der Waals surface area contributed by atoms with Gasteiger partial charge in [0.05, 0.1) is 5.69 Å². The predicted octanol–water partition coefficient (Wildman–Crippen LogP) is 4.40. The van der Waals surface area contributed by atoms with Crippen LogP contribution in [0.4, 0.5) is 11.4 Å². The molecule has 120 valence electrons. The van der Waals surface area contributed by atoms with Crippen LogP contribution in [0.5, 0.6) is 0 Å². The highest BCUT2D eigenvalue weighted by molar-refractivity contribution is 9.10. The van der Waals surface area contributed by atoms with Crippen LogP contribution in [0, 0.1) is 6.92 Å². The Hall–Kier alpha value is -2.14. The fourth-order valence-electron chi connectivity index (χ4n) is 2.10. The summed E-state index contributed by atoms with van der Waals surface area (Å²) < 4.78 is 0.868. The number of anilines is 2. The van der Waals surface area contributed by atoms with E-state index in [0.29, 0.717) is 18.5 Å². The largest absolute Gasteiger partial charge is 0.385 e. The Labute approximate surface area is 144 Å². The number of hydrogen-bond donors (Lipinski definition) is 2. The number of halogens is 1. The van der Waals surface area contributed by atoms with Gasteiger partial charge in [-0.1, -0.05) is 18.2 Å². The Bertz CT molecular complexity index is 729. The molecular formula is C18H19BrN2O2. The molecule has 0 saturated heterocycles. The molecule has 0 aliphatic carbocycles. The van der Waals surface area contributed by atoms with E-state index < -0.39 is 0 Å². The van der Waals surface area contributed by atoms with E-state index in [4.69, 9.17) is 0 Å². The van der Waals surface area contributed by atoms with Crippen molar-refractivity contribution in [1.29, 1.82) is 0 Å². The second-order valence-electron chi connectivity index (χ2n) is 5.35. The first-order valence-corrected chi connectivity index (χ1v) is 8.16. The number of amides is 1. The van der Waals surface area contributed by atoms with Crippen molar-refractivity contribution in [1.82, 2.24) is 0 Å². The molecule has 0 aromatic heterocycles. The standard InChI is InChI=1S/C18H19BrN2O2/c1-12-6-7-17(16(19)10-12)21-18(23)8-9-20-15-5-3-4-14(11-15)13(2)22/h3-7,10-11,20H,8-9H2,1-2H3,(H,21,23). The van der Waals surface area contributed by atoms with Gasteiger partial charge in [0, 0.05) is 28.7 Å². The van der Waals surface area contributed by atoms with Gasteiger partial charge >= 0.3 is 0 Å². The van der Waals surface area contributed by atoms with E-state index >= 15 is 0 Å². The number of Topliss-reactive ketones (excluding diaryl/α,β-unsaturated/α-hetero) is 1. The monoisotopic (exact) mass is 374 g/mol. The van der Waals surface area contributed by atoms with Crippen molar-refractivity contribution < 1.29 is 9.59 Å². The molecule has 2 N–H and O–H groups in total. The van der Waals surface area contributed by atoms with Gasteiger partial charge < -0.3 is 10.6 Å². The van der Waals surface area contributed by atoms with Crippen molar-refractivity contribution in [2.45, 2.75) is 20.3 Å². The van der Waals surface area contributed by atoms with Crippen molar-refractivity contribution in [3.05, 3.63) is 58.1 Å². The molecule has 0 aliphatic rings. The number of nitrogens with one attached hydrogen (secondary N) is 2. The van der Waals surface area contributed by atoms with Gasteiger partial charge in [-0.2, -0.15) is 0 Å². The van der Waals surface area contributed by atoms with Gasteiger partial charge in [-0.15, -0.1) is 0 Å². The van der Waals surface area contributed by atoms with Gasteiger partial charge in [0.15, 0.2) is 5.78 Å². The summed E-state index contributed by atoms with van der Waals surface area (Å²) in [6.45, 7) is 4.03. The normalized spacial score (nSPS) is 10.2. The van der Waals surface area contributed by atoms with E-state index in [1.165, 1.54) is 6.92 Å². The minimum atomic E-state index is -0.0650. The lowest BCUT2D eigenvalue weighted by molar-refractivity contribution is -0.115. The van der Waals surface area contributed by atoms with E-state index in [2.05, 4.69) is 26.6 Å². The highest BCUT2D eigenvalue weighted by Crippen LogP contribution is 2.23. The zero-order valence-electron chi connectivity index (χ0n) is 13.2. The molecule has 23 heavy (non-hydrogen) atoms. The van der Waals surface area contributed by atoms with Crippen LogP contribution < -0.4 is 10.6 Å². The first-order chi connectivity index (χ1) is 11.0. The average Bonchev–Trinajstić information content (AvgIpc) is 2.50. The summed E-state index contributed by atoms with van der Waals surface area (Å²) in [5.41, 5.74) is 3.38. The average molecular weight is 375 g/mol. The Kier molecular flexibility index (Phi) is 5.93. The molecule has 0 unspecified atom stereocenters. The van der Waals surface area contributed by atoms with E-state index in [0.717, 1.165) is 21.4 Å². The molecule has 4 nitrogen and oxygen atoms in total. The molecule has 0 bridgehead atoms. The maximum absolute atomic E-state index is 12.0. The summed E-state index contributed by atoms with van der Waals surface area (Å²) in [5, 5.41) is 6.03. The van der Waals surface area contributed by atoms with Crippen molar-refractivity contribution in [3.8, 4) is 0 Å². The van der Waals surface area contributed by atoms with E-state index in [1.807, 2.05) is 37.3 Å². The minimum absolute atomic E-state index is 0.0237. The molecule has 2 aromatic carbocycles. The zero-order valence-corrected chi connectivity index (χ0v) is 14.7. The minimum Gasteiger partial charge on any atom is -0.385 e. The molecular weight excluding hydrogens is 356 g/mol. The summed E-state index contributed by atoms with van der Waals surface area (Å²) >= 11 is 3.44. The summed E-state index contributed by atoms with van der Waals surface area (Å²) in [7, 11) is 0. The Morgan fingerprint density at radius 1 is 1.13 bits per heavy atom. The maximum Gasteiger partial charge on any atom is 0.226 e. The fourth-order valence-corrected chi connectivity index (χ4v) is 2.70. The number of aryl methyl sites for hydroxylation is 1. The van der Waals surface area contributed by atoms with E-state index in [1.54, 1.807) is 12.1 Å². The lowest BCUT2D eigenvalue weighted by Crippen LogP contribution is -2.16. The maximum atomic E-state index is 12.0. The number of carbonyl (C=O) groups excluding carboxylic acids is 2. The number of ketones is 1. The molecule has 0 saturated carbocycles. The van der Waals surface area contributed by atoms with Gasteiger partial charge in [0.25, 0.3) is 0 Å². The third kappa shape index (κ3) is 5.21. The summed E-state index contributed by atoms with van der Waals surface area (Å²) in [4.78, 5) is 23.3. The first kappa shape index (κ1) is 17.2. The third-order valence-electron chi connectivity index (χ3n) is 3.35. The summed E-state index contributed by atoms with van der Waals surface area (Å²) in [5.74, 6) is -0.0413. The van der Waals surface area contributed by atoms with Crippen LogP contribution in [-0.2, 0) is 4.79 Å². The zero-order chi connectivity index (χ0) is 16.8. The van der Waals surface area contributed by atoms with E-state index in [-0.39, 0.29) is 11.7 Å². The Morgan fingerprint density at radius 2 is 1.91 bits per heavy atom. The van der Waals surface area contributed by atoms with Gasteiger partial charge in [-0.05, 0) is 59.6 Å². The Morgan fingerprint density at radius 3 is 2.61 bits per heavy atom. The molecule has 5 heteroatoms. The molecule has 0 aliphatic heterocycles. The second-order valence-corrected chi connectivity index (χ2v) is 6.20. The molecule has 2 aromatic rings. The molecule has 2 rings (SSSR count). The van der Waals surface area contributed by atoms with Crippen LogP contribution in [0.25, 0.3) is 0 Å². The Balaban J connectivity index is 1.85. The fraction of sp³-hybridized carbons (Fsp3) is 0.222. The number of rotatable bonds is 6. The lowest BCUT2D eigenvalue weighted by Gasteiger charge is -2.10. The SMILES string of the molecule is CC(=O)c1cccc(NCCC(=O)Nc2ccc(C)cc2Br)c1. The van der Waals surface area contributed by atoms with E-state index in [9.17, 15) is 9.59 Å². The molecule has 0 spiro atoms. The summed E-state index contributed by atoms with van der Waals surface area (Å²) in [6, 6.07) is 13.0. The summed E-state index contributed by atoms with van der Waals surface area (Å²) in [6.07, 6.45) is 0.338. The van der Waals surface area contributed by atoms with Crippen LogP contribution in [0.1, 0.15) is 29.3 Å². The molecule has 0 heterocycles. The second kappa shape index (κ2) is 7.92. The topological polar surface area (TPSA) is 58.2 Å². The van der Waals surface area contributed by atoms with Gasteiger partial charge in [-0.25, -0.2) is 0 Å². The lowest BCUT2D eigenvalue weighted by atomic mass is 10.1. The van der Waals surface area contributed by atoms with Crippen LogP contribution in [-0.4, -0.2) is 18.2 Å². The smallest absolute Gasteiger partial charge is 0.226 e. The quantitative estimate of drug-likeness (QED) is 0.736. The molecule has 0 atom stereocenters. The van der Waals surface area contributed by atoms with Crippen molar-refractivity contribution in [2.75, 3.05) is 17.2 Å². The molecule has 1 amide bonds. The highest BCUT2D eigenvalue weighted by Gasteiger charge is 2.06. The van der Waals surface area contributed by atoms with Crippen LogP contribution in [0.2, 0.25) is 0 Å². The van der Waals surface area contributed by atoms with Crippen molar-refractivity contribution in [3.63, 3.8) is 0 Å². The molecule has 0 fully saturated rings. The van der Waals surface area contributed by atoms with Crippen LogP contribution in [0.15, 0.2) is 46.9 Å².